The normalized spacial score (nSPS) is 11.4. The first kappa shape index (κ1) is 103. The number of carboxylic acid groups (broad SMARTS) is 1. The molecule has 0 aromatic heterocycles. The second kappa shape index (κ2) is 53.4. The van der Waals surface area contributed by atoms with Gasteiger partial charge in [0.25, 0.3) is 0 Å². The molecule has 0 aliphatic carbocycles. The Labute approximate surface area is 790 Å². The van der Waals surface area contributed by atoms with Gasteiger partial charge in [-0.05, 0) is 290 Å². The van der Waals surface area contributed by atoms with Crippen LogP contribution in [0.15, 0.2) is 334 Å². The number of unbranched alkanes of at least 4 members (excludes halogenated alkanes) is 2. The SMILES string of the molecule is CCCCOc1ccc(C)cc1-c1ccc(COc2ccc(C(CC(=O)O)c3ccc(F)cc3)cc2)cc1.CCCCOc1ccc(C)cc1-c1ccc(COc2ccc(C(CC(=O)OCC)c3ccc(F)cc3)cc2)cc1.CCOC(=O)C=C(c1ccc(O)cc1)c1ccc(F)cc1.CCOC(=O)CC(c1ccc(O)cc1)c1ccc(F)cc1.O=C(c1ccc(O)cc1)c1ccc(F)cc1. The van der Waals surface area contributed by atoms with Crippen molar-refractivity contribution in [3.05, 3.63) is 441 Å². The lowest BCUT2D eigenvalue weighted by molar-refractivity contribution is -0.144. The molecular weight excluding hydrogens is 1730 g/mol. The van der Waals surface area contributed by atoms with Gasteiger partial charge in [0.1, 0.15) is 82.5 Å². The average Bonchev–Trinajstić information content (AvgIpc) is 0.832. The van der Waals surface area contributed by atoms with Crippen molar-refractivity contribution in [3.63, 3.8) is 0 Å². The molecule has 0 spiro atoms. The molecule has 21 heteroatoms. The molecule has 3 unspecified atom stereocenters. The minimum atomic E-state index is -0.909. The van der Waals surface area contributed by atoms with Crippen molar-refractivity contribution in [2.24, 2.45) is 0 Å². The molecule has 0 aliphatic rings. The first-order valence-corrected chi connectivity index (χ1v) is 45.0. The number of hydrogen-bond acceptors (Lipinski definition) is 15. The number of aromatic hydroxyl groups is 3. The van der Waals surface area contributed by atoms with E-state index in [-0.39, 0.29) is 108 Å². The van der Waals surface area contributed by atoms with Crippen molar-refractivity contribution in [1.29, 1.82) is 0 Å². The zero-order valence-corrected chi connectivity index (χ0v) is 77.0. The number of aryl methyl sites for hydroxylation is 2. The number of halogens is 5. The second-order valence-corrected chi connectivity index (χ2v) is 31.8. The lowest BCUT2D eigenvalue weighted by Gasteiger charge is -2.18. The highest BCUT2D eigenvalue weighted by Crippen LogP contribution is 2.38. The van der Waals surface area contributed by atoms with Crippen LogP contribution in [0.1, 0.15) is 180 Å². The van der Waals surface area contributed by atoms with Crippen LogP contribution in [0.5, 0.6) is 40.2 Å². The molecule has 0 saturated heterocycles. The molecule has 3 atom stereocenters. The summed E-state index contributed by atoms with van der Waals surface area (Å²) in [7, 11) is 0. The third-order valence-electron chi connectivity index (χ3n) is 21.6. The van der Waals surface area contributed by atoms with Crippen molar-refractivity contribution in [2.45, 2.75) is 124 Å². The van der Waals surface area contributed by atoms with Crippen LogP contribution in [0.2, 0.25) is 0 Å². The van der Waals surface area contributed by atoms with Crippen molar-refractivity contribution in [2.75, 3.05) is 33.0 Å². The van der Waals surface area contributed by atoms with Crippen molar-refractivity contribution in [1.82, 2.24) is 0 Å². The standard InChI is InChI=1S/C35H37FO4.C33H33FO4.C17H17FO3.C17H15FO3.C13H9FO2/c1-4-6-21-39-34-20-7-25(3)22-33(34)29-10-8-26(9-11-29)24-40-31-18-14-28(15-19-31)32(23-35(37)38-5-2)27-12-16-30(36)17-13-27;1-3-4-19-37-32-18-5-23(2)20-31(32)27-8-6-24(7-9-27)22-38-29-16-12-26(13-17-29)30(21-33(35)36)25-10-14-28(34)15-11-25;2*1-2-21-17(20)11-16(12-3-7-14(18)8-4-12)13-5-9-15(19)10-6-13;14-11-5-1-9(2-6-11)13(16)10-3-7-12(15)8-4-10/h7-20,22,32H,4-6,21,23-24H2,1-3H3;5-18,20,30H,3-4,19,21-22H2,1-2H3,(H,35,36);3-10,16,19H,2,11H2,1H3;3-11,19H,2H2,1H3;1-8,15H. The fourth-order valence-corrected chi connectivity index (χ4v) is 14.4. The van der Waals surface area contributed by atoms with Gasteiger partial charge in [0.15, 0.2) is 5.78 Å². The Morgan fingerprint density at radius 2 is 0.610 bits per heavy atom. The summed E-state index contributed by atoms with van der Waals surface area (Å²) in [5, 5.41) is 37.2. The number of ketones is 1. The Morgan fingerprint density at radius 3 is 0.934 bits per heavy atom. The van der Waals surface area contributed by atoms with Crippen molar-refractivity contribution >= 4 is 35.2 Å². The van der Waals surface area contributed by atoms with Crippen LogP contribution in [0.4, 0.5) is 22.0 Å². The Morgan fingerprint density at radius 1 is 0.324 bits per heavy atom. The topological polar surface area (TPSA) is 231 Å². The third kappa shape index (κ3) is 32.8. The van der Waals surface area contributed by atoms with Gasteiger partial charge in [-0.2, -0.15) is 0 Å². The van der Waals surface area contributed by atoms with Gasteiger partial charge >= 0.3 is 23.9 Å². The third-order valence-corrected chi connectivity index (χ3v) is 21.6. The zero-order valence-electron chi connectivity index (χ0n) is 77.0. The summed E-state index contributed by atoms with van der Waals surface area (Å²) in [5.41, 5.74) is 16.9. The molecule has 0 saturated carbocycles. The summed E-state index contributed by atoms with van der Waals surface area (Å²) in [6.07, 6.45) is 5.88. The number of ether oxygens (including phenoxy) is 7. The van der Waals surface area contributed by atoms with Crippen LogP contribution >= 0.6 is 0 Å². The summed E-state index contributed by atoms with van der Waals surface area (Å²) in [6, 6.07) is 92.8. The quantitative estimate of drug-likeness (QED) is 0.00714. The average molecular weight is 1840 g/mol. The van der Waals surface area contributed by atoms with Gasteiger partial charge in [-0.15, -0.1) is 0 Å². The lowest BCUT2D eigenvalue weighted by atomic mass is 9.88. The Kier molecular flexibility index (Phi) is 40.3. The van der Waals surface area contributed by atoms with Crippen molar-refractivity contribution in [3.8, 4) is 62.5 Å². The summed E-state index contributed by atoms with van der Waals surface area (Å²) in [4.78, 5) is 59.1. The van der Waals surface area contributed by atoms with Gasteiger partial charge < -0.3 is 53.6 Å². The van der Waals surface area contributed by atoms with E-state index in [1.807, 2.05) is 60.7 Å². The smallest absolute Gasteiger partial charge is 0.331 e. The molecule has 0 aliphatic heterocycles. The molecular formula is C115H111F5O16. The number of carboxylic acids is 1. The fourth-order valence-electron chi connectivity index (χ4n) is 14.4. The van der Waals surface area contributed by atoms with E-state index in [1.165, 1.54) is 126 Å². The molecule has 16 nitrogen and oxygen atoms in total. The Balaban J connectivity index is 0.000000183. The minimum absolute atomic E-state index is 0.0789. The first-order chi connectivity index (χ1) is 65.7. The van der Waals surface area contributed by atoms with Crippen LogP contribution in [0.25, 0.3) is 27.8 Å². The monoisotopic (exact) mass is 1840 g/mol. The maximum atomic E-state index is 13.5. The van der Waals surface area contributed by atoms with E-state index in [0.717, 1.165) is 115 Å². The molecule has 0 amide bonds. The molecule has 14 aromatic carbocycles. The number of carbonyl (C=O) groups excluding carboxylic acids is 4. The van der Waals surface area contributed by atoms with E-state index in [4.69, 9.17) is 38.3 Å². The Bertz CT molecular complexity index is 5980. The van der Waals surface area contributed by atoms with Gasteiger partial charge in [0.2, 0.25) is 0 Å². The molecule has 702 valence electrons. The number of benzene rings is 14. The van der Waals surface area contributed by atoms with E-state index >= 15 is 0 Å². The molecule has 14 rings (SSSR count). The molecule has 136 heavy (non-hydrogen) atoms. The van der Waals surface area contributed by atoms with E-state index < -0.39 is 11.9 Å². The number of carbonyl (C=O) groups is 5. The highest BCUT2D eigenvalue weighted by Gasteiger charge is 2.24. The molecule has 0 heterocycles. The van der Waals surface area contributed by atoms with Crippen LogP contribution in [-0.2, 0) is 46.6 Å². The summed E-state index contributed by atoms with van der Waals surface area (Å²) in [6.45, 7) is 16.9. The van der Waals surface area contributed by atoms with E-state index in [2.05, 4.69) is 100 Å². The number of hydrogen-bond donors (Lipinski definition) is 4. The Hall–Kier alpha value is -15.4. The first-order valence-electron chi connectivity index (χ1n) is 45.0. The highest BCUT2D eigenvalue weighted by molar-refractivity contribution is 6.09. The molecule has 0 radical (unpaired) electrons. The van der Waals surface area contributed by atoms with Crippen LogP contribution in [0, 0.1) is 42.9 Å². The molecule has 14 aromatic rings. The van der Waals surface area contributed by atoms with Gasteiger partial charge in [-0.25, -0.2) is 26.7 Å². The van der Waals surface area contributed by atoms with Crippen LogP contribution < -0.4 is 18.9 Å². The number of esters is 3. The van der Waals surface area contributed by atoms with E-state index in [9.17, 15) is 61.2 Å². The number of aliphatic carboxylic acids is 1. The van der Waals surface area contributed by atoms with Crippen molar-refractivity contribution < 1.29 is 99.5 Å². The lowest BCUT2D eigenvalue weighted by Crippen LogP contribution is -2.11. The predicted molar refractivity (Wildman–Crippen MR) is 519 cm³/mol. The summed E-state index contributed by atoms with van der Waals surface area (Å²) < 4.78 is 105. The van der Waals surface area contributed by atoms with E-state index in [1.54, 1.807) is 106 Å². The summed E-state index contributed by atoms with van der Waals surface area (Å²) in [5.74, 6) is -1.07. The minimum Gasteiger partial charge on any atom is -0.508 e. The number of rotatable bonds is 36. The molecule has 4 N–H and O–H groups in total. The number of phenols is 3. The second-order valence-electron chi connectivity index (χ2n) is 31.8. The van der Waals surface area contributed by atoms with Gasteiger partial charge in [0, 0.05) is 46.1 Å². The summed E-state index contributed by atoms with van der Waals surface area (Å²) >= 11 is 0. The van der Waals surface area contributed by atoms with Crippen LogP contribution in [0.3, 0.4) is 0 Å². The van der Waals surface area contributed by atoms with Gasteiger partial charge in [-0.1, -0.05) is 196 Å². The van der Waals surface area contributed by atoms with Gasteiger partial charge in [0.05, 0.1) is 52.3 Å². The highest BCUT2D eigenvalue weighted by atomic mass is 19.1. The maximum absolute atomic E-state index is 13.5. The predicted octanol–water partition coefficient (Wildman–Crippen LogP) is 26.7. The number of phenolic OH excluding ortho intramolecular Hbond substituents is 3. The fraction of sp³-hybridized carbons (Fsp3) is 0.209. The molecule has 0 bridgehead atoms. The van der Waals surface area contributed by atoms with Crippen LogP contribution in [-0.4, -0.2) is 83.1 Å². The maximum Gasteiger partial charge on any atom is 0.331 e. The zero-order chi connectivity index (χ0) is 97.3. The van der Waals surface area contributed by atoms with E-state index in [0.29, 0.717) is 67.7 Å². The van der Waals surface area contributed by atoms with Gasteiger partial charge in [-0.3, -0.25) is 19.2 Å². The largest absolute Gasteiger partial charge is 0.508 e. The molecule has 0 fully saturated rings.